The molecule has 0 spiro atoms. The van der Waals surface area contributed by atoms with Crippen molar-refractivity contribution in [2.24, 2.45) is 0 Å². The molecular formula is C24H23ClN4O5. The highest BCUT2D eigenvalue weighted by molar-refractivity contribution is 6.34. The molecule has 1 aliphatic rings. The number of furan rings is 1. The molecule has 2 aromatic carbocycles. The van der Waals surface area contributed by atoms with Gasteiger partial charge in [-0.1, -0.05) is 23.7 Å². The lowest BCUT2D eigenvalue weighted by atomic mass is 10.1. The van der Waals surface area contributed by atoms with Crippen LogP contribution in [0.3, 0.4) is 0 Å². The van der Waals surface area contributed by atoms with Crippen LogP contribution in [0.1, 0.15) is 34.5 Å². The number of non-ortho nitro benzene ring substituents is 1. The maximum absolute atomic E-state index is 12.7. The smallest absolute Gasteiger partial charge is 0.271 e. The number of hydrogen-bond donors (Lipinski definition) is 2. The van der Waals surface area contributed by atoms with E-state index < -0.39 is 4.92 Å². The molecule has 2 N–H and O–H groups in total. The minimum atomic E-state index is -0.552. The molecule has 1 aromatic heterocycles. The maximum Gasteiger partial charge on any atom is 0.271 e. The maximum atomic E-state index is 12.7. The van der Waals surface area contributed by atoms with Crippen LogP contribution in [0.5, 0.6) is 0 Å². The molecule has 9 nitrogen and oxygen atoms in total. The molecule has 0 saturated heterocycles. The van der Waals surface area contributed by atoms with Crippen molar-refractivity contribution < 1.29 is 18.9 Å². The highest BCUT2D eigenvalue weighted by Crippen LogP contribution is 2.26. The third kappa shape index (κ3) is 6.43. The Labute approximate surface area is 200 Å². The number of halogens is 1. The molecule has 1 heterocycles. The van der Waals surface area contributed by atoms with Gasteiger partial charge in [0.1, 0.15) is 5.76 Å². The summed E-state index contributed by atoms with van der Waals surface area (Å²) in [6.45, 7) is 0.850. The summed E-state index contributed by atoms with van der Waals surface area (Å²) < 4.78 is 5.44. The Morgan fingerprint density at radius 2 is 1.88 bits per heavy atom. The Morgan fingerprint density at radius 3 is 2.50 bits per heavy atom. The number of amides is 2. The van der Waals surface area contributed by atoms with Gasteiger partial charge >= 0.3 is 0 Å². The van der Waals surface area contributed by atoms with Crippen LogP contribution in [-0.4, -0.2) is 34.2 Å². The average molecular weight is 483 g/mol. The fraction of sp³-hybridized carbons (Fsp3) is 0.250. The number of rotatable bonds is 10. The molecule has 1 saturated carbocycles. The number of carbonyl (C=O) groups is 2. The zero-order valence-electron chi connectivity index (χ0n) is 18.2. The highest BCUT2D eigenvalue weighted by atomic mass is 35.5. The Morgan fingerprint density at radius 1 is 1.12 bits per heavy atom. The second kappa shape index (κ2) is 10.5. The molecule has 10 heteroatoms. The average Bonchev–Trinajstić information content (AvgIpc) is 3.47. The minimum absolute atomic E-state index is 0.0257. The molecule has 1 aliphatic carbocycles. The highest BCUT2D eigenvalue weighted by Gasteiger charge is 2.23. The van der Waals surface area contributed by atoms with Gasteiger partial charge in [0.2, 0.25) is 5.91 Å². The van der Waals surface area contributed by atoms with Gasteiger partial charge in [0.15, 0.2) is 0 Å². The summed E-state index contributed by atoms with van der Waals surface area (Å²) in [6.07, 6.45) is 3.62. The van der Waals surface area contributed by atoms with Crippen LogP contribution in [0.2, 0.25) is 5.02 Å². The van der Waals surface area contributed by atoms with Gasteiger partial charge in [-0.25, -0.2) is 0 Å². The lowest BCUT2D eigenvalue weighted by Gasteiger charge is -2.21. The van der Waals surface area contributed by atoms with Crippen molar-refractivity contribution in [3.8, 4) is 0 Å². The molecule has 1 fully saturated rings. The summed E-state index contributed by atoms with van der Waals surface area (Å²) >= 11 is 6.09. The van der Waals surface area contributed by atoms with Crippen molar-refractivity contribution in [1.29, 1.82) is 0 Å². The number of nitrogens with zero attached hydrogens (tertiary/aromatic N) is 2. The monoisotopic (exact) mass is 482 g/mol. The van der Waals surface area contributed by atoms with E-state index in [0.29, 0.717) is 36.1 Å². The van der Waals surface area contributed by atoms with Crippen LogP contribution in [-0.2, 0) is 17.9 Å². The van der Waals surface area contributed by atoms with Gasteiger partial charge in [0.25, 0.3) is 11.6 Å². The van der Waals surface area contributed by atoms with E-state index in [1.54, 1.807) is 24.5 Å². The third-order valence-electron chi connectivity index (χ3n) is 5.30. The first-order chi connectivity index (χ1) is 16.4. The van der Waals surface area contributed by atoms with Crippen LogP contribution in [0, 0.1) is 10.1 Å². The van der Waals surface area contributed by atoms with E-state index in [0.717, 1.165) is 18.4 Å². The topological polar surface area (TPSA) is 118 Å². The van der Waals surface area contributed by atoms with Crippen molar-refractivity contribution in [3.63, 3.8) is 0 Å². The number of benzene rings is 2. The summed E-state index contributed by atoms with van der Waals surface area (Å²) in [6, 6.07) is 15.0. The van der Waals surface area contributed by atoms with Crippen molar-refractivity contribution in [3.05, 3.63) is 92.9 Å². The van der Waals surface area contributed by atoms with E-state index in [9.17, 15) is 19.7 Å². The van der Waals surface area contributed by atoms with Gasteiger partial charge < -0.3 is 15.1 Å². The molecule has 2 amide bonds. The number of nitro groups is 1. The summed E-state index contributed by atoms with van der Waals surface area (Å²) in [5.41, 5.74) is 1.66. The van der Waals surface area contributed by atoms with Crippen LogP contribution in [0.25, 0.3) is 0 Å². The quantitative estimate of drug-likeness (QED) is 0.327. The number of carbonyl (C=O) groups excluding carboxylic acids is 2. The van der Waals surface area contributed by atoms with Crippen LogP contribution in [0.15, 0.2) is 65.3 Å². The molecule has 176 valence electrons. The Kier molecular flexibility index (Phi) is 7.24. The number of nitro benzene ring substituents is 1. The van der Waals surface area contributed by atoms with Crippen molar-refractivity contribution in [1.82, 2.24) is 10.2 Å². The third-order valence-corrected chi connectivity index (χ3v) is 5.61. The van der Waals surface area contributed by atoms with Crippen molar-refractivity contribution in [2.45, 2.75) is 32.0 Å². The van der Waals surface area contributed by atoms with Crippen LogP contribution < -0.4 is 10.6 Å². The molecule has 34 heavy (non-hydrogen) atoms. The molecule has 0 unspecified atom stereocenters. The summed E-state index contributed by atoms with van der Waals surface area (Å²) in [7, 11) is 0. The lowest BCUT2D eigenvalue weighted by Crippen LogP contribution is -2.32. The molecule has 4 rings (SSSR count). The predicted octanol–water partition coefficient (Wildman–Crippen LogP) is 4.37. The van der Waals surface area contributed by atoms with Crippen LogP contribution in [0.4, 0.5) is 11.4 Å². The zero-order valence-corrected chi connectivity index (χ0v) is 19.0. The van der Waals surface area contributed by atoms with E-state index in [1.807, 2.05) is 23.1 Å². The summed E-state index contributed by atoms with van der Waals surface area (Å²) in [4.78, 5) is 37.2. The van der Waals surface area contributed by atoms with Gasteiger partial charge in [0, 0.05) is 30.3 Å². The van der Waals surface area contributed by atoms with E-state index in [-0.39, 0.29) is 29.1 Å². The molecule has 0 aliphatic heterocycles. The van der Waals surface area contributed by atoms with Gasteiger partial charge in [-0.05, 0) is 48.7 Å². The van der Waals surface area contributed by atoms with E-state index in [1.165, 1.54) is 18.2 Å². The Hall–Kier alpha value is -3.69. The van der Waals surface area contributed by atoms with Crippen LogP contribution >= 0.6 is 11.6 Å². The second-order valence-corrected chi connectivity index (χ2v) is 8.55. The first-order valence-corrected chi connectivity index (χ1v) is 11.1. The number of nitrogens with one attached hydrogen (secondary N) is 2. The largest absolute Gasteiger partial charge is 0.468 e. The second-order valence-electron chi connectivity index (χ2n) is 8.14. The molecule has 3 aromatic rings. The minimum Gasteiger partial charge on any atom is -0.468 e. The standard InChI is InChI=1S/C24H23ClN4O5/c25-21-12-19(29(32)33)9-10-22(21)27-23(30)15-28(14-20-2-1-11-34-20)13-16-3-5-17(6-4-16)24(31)26-18-7-8-18/h1-6,9-12,18H,7-8,13-15H2,(H,26,31)(H,27,30). The number of anilines is 1. The number of hydrogen-bond acceptors (Lipinski definition) is 6. The Balaban J connectivity index is 1.41. The van der Waals surface area contributed by atoms with E-state index in [4.69, 9.17) is 16.0 Å². The first-order valence-electron chi connectivity index (χ1n) is 10.8. The normalized spacial score (nSPS) is 13.0. The molecule has 0 atom stereocenters. The predicted molar refractivity (Wildman–Crippen MR) is 126 cm³/mol. The van der Waals surface area contributed by atoms with E-state index in [2.05, 4.69) is 10.6 Å². The van der Waals surface area contributed by atoms with Crippen molar-refractivity contribution >= 4 is 34.8 Å². The molecule has 0 radical (unpaired) electrons. The molecule has 0 bridgehead atoms. The summed E-state index contributed by atoms with van der Waals surface area (Å²) in [5, 5.41) is 16.6. The van der Waals surface area contributed by atoms with Gasteiger partial charge in [0.05, 0.1) is 35.0 Å². The van der Waals surface area contributed by atoms with Gasteiger partial charge in [-0.3, -0.25) is 24.6 Å². The summed E-state index contributed by atoms with van der Waals surface area (Å²) in [5.74, 6) is 0.283. The van der Waals surface area contributed by atoms with Gasteiger partial charge in [-0.2, -0.15) is 0 Å². The lowest BCUT2D eigenvalue weighted by molar-refractivity contribution is -0.384. The zero-order chi connectivity index (χ0) is 24.1. The fourth-order valence-electron chi connectivity index (χ4n) is 3.42. The first kappa shape index (κ1) is 23.5. The molecular weight excluding hydrogens is 460 g/mol. The van der Waals surface area contributed by atoms with Crippen molar-refractivity contribution in [2.75, 3.05) is 11.9 Å². The Bertz CT molecular complexity index is 1180. The van der Waals surface area contributed by atoms with Gasteiger partial charge in [-0.15, -0.1) is 0 Å². The SMILES string of the molecule is O=C(CN(Cc1ccc(C(=O)NC2CC2)cc1)Cc1ccco1)Nc1ccc([N+](=O)[O-])cc1Cl. The fourth-order valence-corrected chi connectivity index (χ4v) is 3.64. The van der Waals surface area contributed by atoms with E-state index >= 15 is 0 Å².